The maximum absolute atomic E-state index is 12.7. The Morgan fingerprint density at radius 3 is 2.52 bits per heavy atom. The lowest BCUT2D eigenvalue weighted by atomic mass is 10.2. The second kappa shape index (κ2) is 10.6. The number of para-hydroxylation sites is 1. The van der Waals surface area contributed by atoms with Crippen molar-refractivity contribution < 1.29 is 14.3 Å². The molecule has 8 heteroatoms. The van der Waals surface area contributed by atoms with Crippen LogP contribution in [0.3, 0.4) is 0 Å². The SMILES string of the molecule is CCOC(=O)c1nn(-c2ccccc2C)c(=O)cc1NC(=O)CCSc1ccccc1. The van der Waals surface area contributed by atoms with Crippen molar-refractivity contribution in [2.45, 2.75) is 25.2 Å². The number of carbonyl (C=O) groups excluding carboxylic acids is 2. The standard InChI is InChI=1S/C23H23N3O4S/c1-3-30-23(29)22-18(24-20(27)13-14-31-17-10-5-4-6-11-17)15-21(28)26(25-22)19-12-8-7-9-16(19)2/h4-12,15H,3,13-14H2,1-2H3,(H,24,27). The average molecular weight is 438 g/mol. The fourth-order valence-corrected chi connectivity index (χ4v) is 3.74. The number of hydrogen-bond acceptors (Lipinski definition) is 6. The van der Waals surface area contributed by atoms with Gasteiger partial charge < -0.3 is 10.1 Å². The van der Waals surface area contributed by atoms with Crippen LogP contribution in [0.1, 0.15) is 29.4 Å². The van der Waals surface area contributed by atoms with E-state index in [1.807, 2.05) is 49.4 Å². The molecular formula is C23H23N3O4S. The molecule has 0 aliphatic rings. The lowest BCUT2D eigenvalue weighted by molar-refractivity contribution is -0.115. The van der Waals surface area contributed by atoms with E-state index in [4.69, 9.17) is 4.74 Å². The fourth-order valence-electron chi connectivity index (χ4n) is 2.87. The van der Waals surface area contributed by atoms with Gasteiger partial charge in [0.25, 0.3) is 5.56 Å². The molecule has 1 aromatic heterocycles. The highest BCUT2D eigenvalue weighted by atomic mass is 32.2. The number of aromatic nitrogens is 2. The van der Waals surface area contributed by atoms with Gasteiger partial charge in [0.2, 0.25) is 5.91 Å². The van der Waals surface area contributed by atoms with E-state index < -0.39 is 11.5 Å². The molecule has 0 saturated heterocycles. The average Bonchev–Trinajstić information content (AvgIpc) is 2.75. The number of anilines is 1. The molecular weight excluding hydrogens is 414 g/mol. The number of nitrogens with one attached hydrogen (secondary N) is 1. The van der Waals surface area contributed by atoms with Crippen molar-refractivity contribution in [3.05, 3.63) is 82.3 Å². The molecule has 1 N–H and O–H groups in total. The molecule has 0 fully saturated rings. The number of benzene rings is 2. The predicted molar refractivity (Wildman–Crippen MR) is 121 cm³/mol. The summed E-state index contributed by atoms with van der Waals surface area (Å²) >= 11 is 1.55. The zero-order valence-corrected chi connectivity index (χ0v) is 18.1. The summed E-state index contributed by atoms with van der Waals surface area (Å²) < 4.78 is 6.22. The quantitative estimate of drug-likeness (QED) is 0.425. The van der Waals surface area contributed by atoms with Crippen LogP contribution >= 0.6 is 11.8 Å². The Kier molecular flexibility index (Phi) is 7.61. The van der Waals surface area contributed by atoms with Gasteiger partial charge in [-0.1, -0.05) is 36.4 Å². The Morgan fingerprint density at radius 1 is 1.10 bits per heavy atom. The highest BCUT2D eigenvalue weighted by molar-refractivity contribution is 7.99. The van der Waals surface area contributed by atoms with Gasteiger partial charge >= 0.3 is 5.97 Å². The number of rotatable bonds is 8. The van der Waals surface area contributed by atoms with Gasteiger partial charge in [0, 0.05) is 23.1 Å². The van der Waals surface area contributed by atoms with Crippen molar-refractivity contribution in [3.63, 3.8) is 0 Å². The molecule has 1 heterocycles. The van der Waals surface area contributed by atoms with Crippen molar-refractivity contribution in [1.82, 2.24) is 9.78 Å². The smallest absolute Gasteiger partial charge is 0.360 e. The van der Waals surface area contributed by atoms with Gasteiger partial charge in [-0.3, -0.25) is 9.59 Å². The first-order chi connectivity index (χ1) is 15.0. The van der Waals surface area contributed by atoms with Crippen LogP contribution in [0.4, 0.5) is 5.69 Å². The van der Waals surface area contributed by atoms with Gasteiger partial charge in [-0.05, 0) is 37.6 Å². The first kappa shape index (κ1) is 22.3. The van der Waals surface area contributed by atoms with Crippen molar-refractivity contribution >= 4 is 29.3 Å². The van der Waals surface area contributed by atoms with Gasteiger partial charge in [-0.15, -0.1) is 11.8 Å². The molecule has 3 rings (SSSR count). The molecule has 0 bridgehead atoms. The van der Waals surface area contributed by atoms with Crippen molar-refractivity contribution in [2.24, 2.45) is 0 Å². The third kappa shape index (κ3) is 5.82. The van der Waals surface area contributed by atoms with E-state index in [2.05, 4.69) is 10.4 Å². The van der Waals surface area contributed by atoms with Crippen LogP contribution in [-0.2, 0) is 9.53 Å². The monoisotopic (exact) mass is 437 g/mol. The van der Waals surface area contributed by atoms with Crippen LogP contribution in [0.5, 0.6) is 0 Å². The minimum absolute atomic E-state index is 0.0444. The Labute approximate surface area is 184 Å². The van der Waals surface area contributed by atoms with Crippen molar-refractivity contribution in [2.75, 3.05) is 17.7 Å². The minimum Gasteiger partial charge on any atom is -0.461 e. The van der Waals surface area contributed by atoms with Crippen LogP contribution in [-0.4, -0.2) is 34.0 Å². The number of nitrogens with zero attached hydrogens (tertiary/aromatic N) is 2. The maximum atomic E-state index is 12.7. The zero-order chi connectivity index (χ0) is 22.2. The van der Waals surface area contributed by atoms with Gasteiger partial charge in [-0.25, -0.2) is 4.79 Å². The van der Waals surface area contributed by atoms with E-state index in [1.54, 1.807) is 30.8 Å². The zero-order valence-electron chi connectivity index (χ0n) is 17.3. The molecule has 0 aliphatic heterocycles. The lowest BCUT2D eigenvalue weighted by Gasteiger charge is -2.13. The topological polar surface area (TPSA) is 90.3 Å². The van der Waals surface area contributed by atoms with Gasteiger partial charge in [0.15, 0.2) is 5.69 Å². The Balaban J connectivity index is 1.82. The summed E-state index contributed by atoms with van der Waals surface area (Å²) in [4.78, 5) is 38.7. The third-order valence-corrected chi connectivity index (χ3v) is 5.37. The van der Waals surface area contributed by atoms with E-state index >= 15 is 0 Å². The molecule has 0 aliphatic carbocycles. The molecule has 0 atom stereocenters. The van der Waals surface area contributed by atoms with E-state index in [-0.39, 0.29) is 30.3 Å². The third-order valence-electron chi connectivity index (χ3n) is 4.36. The first-order valence-corrected chi connectivity index (χ1v) is 10.8. The summed E-state index contributed by atoms with van der Waals surface area (Å²) in [5.41, 5.74) is 0.838. The Bertz CT molecular complexity index is 1130. The summed E-state index contributed by atoms with van der Waals surface area (Å²) in [6, 6.07) is 18.1. The molecule has 0 radical (unpaired) electrons. The highest BCUT2D eigenvalue weighted by Crippen LogP contribution is 2.19. The molecule has 3 aromatic rings. The molecule has 0 unspecified atom stereocenters. The molecule has 1 amide bonds. The number of ether oxygens (including phenoxy) is 1. The largest absolute Gasteiger partial charge is 0.461 e. The normalized spacial score (nSPS) is 10.5. The number of esters is 1. The van der Waals surface area contributed by atoms with E-state index in [9.17, 15) is 14.4 Å². The van der Waals surface area contributed by atoms with Gasteiger partial charge in [-0.2, -0.15) is 9.78 Å². The van der Waals surface area contributed by atoms with Crippen LogP contribution in [0, 0.1) is 6.92 Å². The van der Waals surface area contributed by atoms with E-state index in [0.717, 1.165) is 15.1 Å². The predicted octanol–water partition coefficient (Wildman–Crippen LogP) is 3.84. The highest BCUT2D eigenvalue weighted by Gasteiger charge is 2.20. The van der Waals surface area contributed by atoms with Crippen LogP contribution < -0.4 is 10.9 Å². The number of amides is 1. The minimum atomic E-state index is -0.709. The summed E-state index contributed by atoms with van der Waals surface area (Å²) in [7, 11) is 0. The number of aryl methyl sites for hydroxylation is 1. The van der Waals surface area contributed by atoms with Crippen molar-refractivity contribution in [3.8, 4) is 5.69 Å². The fraction of sp³-hybridized carbons (Fsp3) is 0.217. The summed E-state index contributed by atoms with van der Waals surface area (Å²) in [6.07, 6.45) is 0.211. The Morgan fingerprint density at radius 2 is 1.81 bits per heavy atom. The molecule has 31 heavy (non-hydrogen) atoms. The molecule has 0 saturated carbocycles. The number of hydrogen-bond donors (Lipinski definition) is 1. The van der Waals surface area contributed by atoms with E-state index in [0.29, 0.717) is 11.4 Å². The summed E-state index contributed by atoms with van der Waals surface area (Å²) in [5.74, 6) is -0.471. The molecule has 2 aromatic carbocycles. The summed E-state index contributed by atoms with van der Waals surface area (Å²) in [5, 5.41) is 6.85. The summed E-state index contributed by atoms with van der Waals surface area (Å²) in [6.45, 7) is 3.66. The number of thioether (sulfide) groups is 1. The van der Waals surface area contributed by atoms with E-state index in [1.165, 1.54) is 6.07 Å². The van der Waals surface area contributed by atoms with Crippen LogP contribution in [0.25, 0.3) is 5.69 Å². The lowest BCUT2D eigenvalue weighted by Crippen LogP contribution is -2.27. The van der Waals surface area contributed by atoms with Crippen LogP contribution in [0.15, 0.2) is 70.4 Å². The second-order valence-corrected chi connectivity index (χ2v) is 7.79. The second-order valence-electron chi connectivity index (χ2n) is 6.62. The number of carbonyl (C=O) groups is 2. The maximum Gasteiger partial charge on any atom is 0.360 e. The first-order valence-electron chi connectivity index (χ1n) is 9.84. The van der Waals surface area contributed by atoms with Crippen LogP contribution in [0.2, 0.25) is 0 Å². The van der Waals surface area contributed by atoms with Crippen molar-refractivity contribution in [1.29, 1.82) is 0 Å². The van der Waals surface area contributed by atoms with Gasteiger partial charge in [0.05, 0.1) is 18.0 Å². The Hall–Kier alpha value is -3.39. The van der Waals surface area contributed by atoms with Gasteiger partial charge in [0.1, 0.15) is 0 Å². The molecule has 7 nitrogen and oxygen atoms in total. The molecule has 0 spiro atoms. The molecule has 160 valence electrons.